The Morgan fingerprint density at radius 3 is 2.39 bits per heavy atom. The van der Waals surface area contributed by atoms with E-state index in [2.05, 4.69) is 0 Å². The van der Waals surface area contributed by atoms with Gasteiger partial charge in [0.2, 0.25) is 0 Å². The van der Waals surface area contributed by atoms with Crippen molar-refractivity contribution in [3.63, 3.8) is 0 Å². The molecule has 0 aliphatic heterocycles. The molecular weight excluding hydrogens is 252 g/mol. The second-order valence-corrected chi connectivity index (χ2v) is 4.16. The molecule has 0 aliphatic carbocycles. The maximum atomic E-state index is 10.8. The van der Waals surface area contributed by atoms with Crippen LogP contribution in [0.15, 0.2) is 42.5 Å². The van der Waals surface area contributed by atoms with Crippen molar-refractivity contribution in [1.82, 2.24) is 0 Å². The molecule has 0 aliphatic rings. The van der Waals surface area contributed by atoms with Gasteiger partial charge >= 0.3 is 5.97 Å². The van der Waals surface area contributed by atoms with Crippen molar-refractivity contribution in [3.8, 4) is 16.9 Å². The molecule has 0 unspecified atom stereocenters. The minimum absolute atomic E-state index is 0.256. The van der Waals surface area contributed by atoms with Crippen LogP contribution in [0.3, 0.4) is 0 Å². The molecule has 2 aromatic rings. The maximum absolute atomic E-state index is 10.8. The van der Waals surface area contributed by atoms with E-state index in [4.69, 9.17) is 21.4 Å². The van der Waals surface area contributed by atoms with Gasteiger partial charge in [-0.3, -0.25) is 0 Å². The number of carboxylic acids is 1. The van der Waals surface area contributed by atoms with Gasteiger partial charge in [-0.15, -0.1) is 0 Å². The van der Waals surface area contributed by atoms with E-state index in [0.717, 1.165) is 11.1 Å². The topological polar surface area (TPSA) is 46.5 Å². The highest BCUT2D eigenvalue weighted by Crippen LogP contribution is 2.32. The molecule has 0 saturated heterocycles. The van der Waals surface area contributed by atoms with Crippen LogP contribution in [0, 0.1) is 0 Å². The van der Waals surface area contributed by atoms with Gasteiger partial charge in [0.05, 0.1) is 12.7 Å². The van der Waals surface area contributed by atoms with Crippen LogP contribution in [0.25, 0.3) is 11.1 Å². The third-order valence-electron chi connectivity index (χ3n) is 2.61. The molecule has 0 spiro atoms. The lowest BCUT2D eigenvalue weighted by Crippen LogP contribution is -1.95. The second kappa shape index (κ2) is 5.10. The first-order valence-corrected chi connectivity index (χ1v) is 5.67. The average molecular weight is 263 g/mol. The van der Waals surface area contributed by atoms with E-state index in [0.29, 0.717) is 10.8 Å². The van der Waals surface area contributed by atoms with Crippen molar-refractivity contribution in [2.75, 3.05) is 7.11 Å². The van der Waals surface area contributed by atoms with Gasteiger partial charge in [0.25, 0.3) is 0 Å². The third kappa shape index (κ3) is 2.46. The van der Waals surface area contributed by atoms with Gasteiger partial charge in [0.15, 0.2) is 0 Å². The van der Waals surface area contributed by atoms with Gasteiger partial charge < -0.3 is 9.84 Å². The molecule has 0 aromatic heterocycles. The Labute approximate surface area is 110 Å². The molecule has 0 radical (unpaired) electrons. The fourth-order valence-electron chi connectivity index (χ4n) is 1.70. The number of rotatable bonds is 3. The first-order valence-electron chi connectivity index (χ1n) is 5.29. The van der Waals surface area contributed by atoms with Crippen molar-refractivity contribution >= 4 is 17.6 Å². The molecule has 0 saturated carbocycles. The molecular formula is C14H11ClO3. The number of carbonyl (C=O) groups is 1. The second-order valence-electron chi connectivity index (χ2n) is 3.73. The lowest BCUT2D eigenvalue weighted by molar-refractivity contribution is 0.0697. The summed E-state index contributed by atoms with van der Waals surface area (Å²) < 4.78 is 5.26. The molecule has 2 aromatic carbocycles. The highest BCUT2D eigenvalue weighted by molar-refractivity contribution is 6.30. The number of benzene rings is 2. The van der Waals surface area contributed by atoms with Crippen molar-refractivity contribution < 1.29 is 14.6 Å². The Morgan fingerprint density at radius 1 is 1.17 bits per heavy atom. The molecule has 0 fully saturated rings. The van der Waals surface area contributed by atoms with E-state index >= 15 is 0 Å². The standard InChI is InChI=1S/C14H11ClO3/c1-18-13-8-11(15)6-7-12(13)9-2-4-10(5-3-9)14(16)17/h2-8H,1H3,(H,16,17). The largest absolute Gasteiger partial charge is 0.496 e. The van der Waals surface area contributed by atoms with Gasteiger partial charge in [0, 0.05) is 10.6 Å². The molecule has 0 heterocycles. The number of ether oxygens (including phenoxy) is 1. The Hall–Kier alpha value is -2.00. The summed E-state index contributed by atoms with van der Waals surface area (Å²) in [5.74, 6) is -0.282. The Kier molecular flexibility index (Phi) is 3.53. The van der Waals surface area contributed by atoms with E-state index in [-0.39, 0.29) is 5.56 Å². The lowest BCUT2D eigenvalue weighted by Gasteiger charge is -2.09. The third-order valence-corrected chi connectivity index (χ3v) is 2.84. The molecule has 0 atom stereocenters. The molecule has 3 nitrogen and oxygen atoms in total. The van der Waals surface area contributed by atoms with Crippen LogP contribution in [0.1, 0.15) is 10.4 Å². The molecule has 0 amide bonds. The zero-order valence-corrected chi connectivity index (χ0v) is 10.4. The van der Waals surface area contributed by atoms with Crippen LogP contribution < -0.4 is 4.74 Å². The zero-order valence-electron chi connectivity index (χ0n) is 9.68. The normalized spacial score (nSPS) is 10.1. The summed E-state index contributed by atoms with van der Waals surface area (Å²) >= 11 is 5.89. The van der Waals surface area contributed by atoms with Crippen LogP contribution in [0.4, 0.5) is 0 Å². The number of hydrogen-bond acceptors (Lipinski definition) is 2. The van der Waals surface area contributed by atoms with Crippen molar-refractivity contribution in [2.24, 2.45) is 0 Å². The quantitative estimate of drug-likeness (QED) is 0.917. The van der Waals surface area contributed by atoms with Gasteiger partial charge in [-0.25, -0.2) is 4.79 Å². The van der Waals surface area contributed by atoms with Gasteiger partial charge in [-0.2, -0.15) is 0 Å². The van der Waals surface area contributed by atoms with Crippen molar-refractivity contribution in [1.29, 1.82) is 0 Å². The lowest BCUT2D eigenvalue weighted by atomic mass is 10.0. The minimum Gasteiger partial charge on any atom is -0.496 e. The molecule has 0 bridgehead atoms. The molecule has 18 heavy (non-hydrogen) atoms. The summed E-state index contributed by atoms with van der Waals surface area (Å²) in [6.45, 7) is 0. The Bertz CT molecular complexity index is 576. The summed E-state index contributed by atoms with van der Waals surface area (Å²) in [6, 6.07) is 11.9. The minimum atomic E-state index is -0.940. The van der Waals surface area contributed by atoms with Crippen LogP contribution >= 0.6 is 11.6 Å². The summed E-state index contributed by atoms with van der Waals surface area (Å²) in [5.41, 5.74) is 2.01. The van der Waals surface area contributed by atoms with E-state index in [1.807, 2.05) is 6.07 Å². The monoisotopic (exact) mass is 262 g/mol. The molecule has 1 N–H and O–H groups in total. The van der Waals surface area contributed by atoms with Crippen LogP contribution in [0.2, 0.25) is 5.02 Å². The highest BCUT2D eigenvalue weighted by Gasteiger charge is 2.08. The predicted octanol–water partition coefficient (Wildman–Crippen LogP) is 3.71. The van der Waals surface area contributed by atoms with Gasteiger partial charge in [-0.05, 0) is 35.9 Å². The predicted molar refractivity (Wildman–Crippen MR) is 70.4 cm³/mol. The van der Waals surface area contributed by atoms with E-state index < -0.39 is 5.97 Å². The fourth-order valence-corrected chi connectivity index (χ4v) is 1.86. The van der Waals surface area contributed by atoms with Gasteiger partial charge in [0.1, 0.15) is 5.75 Å². The van der Waals surface area contributed by atoms with E-state index in [9.17, 15) is 4.79 Å². The Morgan fingerprint density at radius 2 is 1.83 bits per heavy atom. The van der Waals surface area contributed by atoms with Gasteiger partial charge in [-0.1, -0.05) is 23.7 Å². The summed E-state index contributed by atoms with van der Waals surface area (Å²) in [6.07, 6.45) is 0. The van der Waals surface area contributed by atoms with Crippen LogP contribution in [-0.2, 0) is 0 Å². The smallest absolute Gasteiger partial charge is 0.335 e. The molecule has 4 heteroatoms. The first kappa shape index (κ1) is 12.5. The number of hydrogen-bond donors (Lipinski definition) is 1. The van der Waals surface area contributed by atoms with E-state index in [1.54, 1.807) is 43.5 Å². The highest BCUT2D eigenvalue weighted by atomic mass is 35.5. The first-order chi connectivity index (χ1) is 8.61. The van der Waals surface area contributed by atoms with Crippen LogP contribution in [-0.4, -0.2) is 18.2 Å². The number of halogens is 1. The number of methoxy groups -OCH3 is 1. The number of aromatic carboxylic acids is 1. The Balaban J connectivity index is 2.45. The molecule has 92 valence electrons. The van der Waals surface area contributed by atoms with Crippen molar-refractivity contribution in [3.05, 3.63) is 53.1 Å². The molecule has 2 rings (SSSR count). The summed E-state index contributed by atoms with van der Waals surface area (Å²) in [7, 11) is 1.57. The average Bonchev–Trinajstić information content (AvgIpc) is 2.38. The SMILES string of the molecule is COc1cc(Cl)ccc1-c1ccc(C(=O)O)cc1. The fraction of sp³-hybridized carbons (Fsp3) is 0.0714. The van der Waals surface area contributed by atoms with E-state index in [1.165, 1.54) is 0 Å². The zero-order chi connectivity index (χ0) is 13.1. The number of carboxylic acid groups (broad SMARTS) is 1. The summed E-state index contributed by atoms with van der Waals surface area (Å²) in [5, 5.41) is 9.44. The van der Waals surface area contributed by atoms with Crippen LogP contribution in [0.5, 0.6) is 5.75 Å². The van der Waals surface area contributed by atoms with Crippen molar-refractivity contribution in [2.45, 2.75) is 0 Å². The maximum Gasteiger partial charge on any atom is 0.335 e. The summed E-state index contributed by atoms with van der Waals surface area (Å²) in [4.78, 5) is 10.8.